The van der Waals surface area contributed by atoms with E-state index in [1.54, 1.807) is 29.2 Å². The van der Waals surface area contributed by atoms with Crippen molar-refractivity contribution in [2.75, 3.05) is 33.4 Å². The van der Waals surface area contributed by atoms with Crippen molar-refractivity contribution in [3.05, 3.63) is 34.9 Å². The van der Waals surface area contributed by atoms with Crippen LogP contribution in [-0.2, 0) is 14.3 Å². The van der Waals surface area contributed by atoms with Crippen LogP contribution in [0.25, 0.3) is 0 Å². The minimum Gasteiger partial charge on any atom is -0.378 e. The average molecular weight is 437 g/mol. The first kappa shape index (κ1) is 23.9. The molecule has 3 amide bonds. The second kappa shape index (κ2) is 11.7. The first-order valence-corrected chi connectivity index (χ1v) is 10.4. The van der Waals surface area contributed by atoms with Gasteiger partial charge in [-0.25, -0.2) is 4.79 Å². The van der Waals surface area contributed by atoms with Gasteiger partial charge in [0, 0.05) is 30.8 Å². The average Bonchev–Trinajstić information content (AvgIpc) is 2.74. The van der Waals surface area contributed by atoms with Gasteiger partial charge in [-0.3, -0.25) is 4.79 Å². The van der Waals surface area contributed by atoms with Crippen LogP contribution >= 0.6 is 11.6 Å². The number of nitrogens with zero attached hydrogens (tertiary/aromatic N) is 2. The van der Waals surface area contributed by atoms with Crippen molar-refractivity contribution in [1.29, 1.82) is 5.26 Å². The molecular weight excluding hydrogens is 408 g/mol. The monoisotopic (exact) mass is 436 g/mol. The highest BCUT2D eigenvalue weighted by Gasteiger charge is 2.31. The van der Waals surface area contributed by atoms with E-state index in [-0.39, 0.29) is 11.9 Å². The second-order valence-electron chi connectivity index (χ2n) is 7.52. The summed E-state index contributed by atoms with van der Waals surface area (Å²) in [6.45, 7) is 5.81. The second-order valence-corrected chi connectivity index (χ2v) is 7.93. The number of ether oxygens (including phenoxy) is 2. The predicted molar refractivity (Wildman–Crippen MR) is 113 cm³/mol. The first-order chi connectivity index (χ1) is 14.4. The van der Waals surface area contributed by atoms with E-state index in [9.17, 15) is 14.9 Å². The number of carbonyl (C=O) groups excluding carboxylic acids is 2. The van der Waals surface area contributed by atoms with Crippen LogP contribution in [-0.4, -0.2) is 62.3 Å². The minimum atomic E-state index is -0.975. The lowest BCUT2D eigenvalue weighted by atomic mass is 10.00. The largest absolute Gasteiger partial charge is 0.378 e. The number of nitrogens with one attached hydrogen (secondary N) is 2. The topological polar surface area (TPSA) is 104 Å². The molecule has 1 aromatic carbocycles. The maximum Gasteiger partial charge on any atom is 0.318 e. The van der Waals surface area contributed by atoms with Gasteiger partial charge >= 0.3 is 6.03 Å². The molecule has 9 heteroatoms. The van der Waals surface area contributed by atoms with E-state index >= 15 is 0 Å². The fourth-order valence-electron chi connectivity index (χ4n) is 3.29. The molecule has 3 atom stereocenters. The maximum absolute atomic E-state index is 13.0. The number of rotatable bonds is 8. The molecule has 0 aliphatic carbocycles. The highest BCUT2D eigenvalue weighted by molar-refractivity contribution is 6.31. The van der Waals surface area contributed by atoms with Gasteiger partial charge in [-0.2, -0.15) is 5.26 Å². The summed E-state index contributed by atoms with van der Waals surface area (Å²) in [6, 6.07) is 7.02. The molecule has 1 saturated heterocycles. The Hall–Kier alpha value is -2.34. The highest BCUT2D eigenvalue weighted by Crippen LogP contribution is 2.27. The van der Waals surface area contributed by atoms with E-state index in [0.29, 0.717) is 43.3 Å². The van der Waals surface area contributed by atoms with Gasteiger partial charge < -0.3 is 25.0 Å². The predicted octanol–water partition coefficient (Wildman–Crippen LogP) is 2.49. The summed E-state index contributed by atoms with van der Waals surface area (Å²) in [4.78, 5) is 27.2. The molecule has 1 aromatic rings. The quantitative estimate of drug-likeness (QED) is 0.651. The SMILES string of the molecule is COC(c1ccccc1Cl)[C@@H](C#N)NC(=O)[C@H](CC(C)C)NC(=O)N1CCOCC1. The van der Waals surface area contributed by atoms with E-state index in [1.807, 2.05) is 13.8 Å². The van der Waals surface area contributed by atoms with E-state index < -0.39 is 24.1 Å². The van der Waals surface area contributed by atoms with Crippen molar-refractivity contribution in [2.45, 2.75) is 38.5 Å². The number of hydrogen-bond acceptors (Lipinski definition) is 5. The molecule has 1 aliphatic heterocycles. The van der Waals surface area contributed by atoms with Crippen molar-refractivity contribution in [3.8, 4) is 6.07 Å². The number of nitriles is 1. The lowest BCUT2D eigenvalue weighted by molar-refractivity contribution is -0.124. The number of morpholine rings is 1. The fourth-order valence-corrected chi connectivity index (χ4v) is 3.53. The maximum atomic E-state index is 13.0. The van der Waals surface area contributed by atoms with Gasteiger partial charge in [0.05, 0.1) is 19.3 Å². The molecule has 2 rings (SSSR count). The fraction of sp³-hybridized carbons (Fsp3) is 0.571. The third-order valence-electron chi connectivity index (χ3n) is 4.82. The zero-order chi connectivity index (χ0) is 22.1. The Balaban J connectivity index is 2.12. The third kappa shape index (κ3) is 6.59. The van der Waals surface area contributed by atoms with E-state index in [0.717, 1.165) is 0 Å². The molecule has 8 nitrogen and oxygen atoms in total. The lowest BCUT2D eigenvalue weighted by Crippen LogP contribution is -2.55. The van der Waals surface area contributed by atoms with Crippen LogP contribution in [0.5, 0.6) is 0 Å². The Morgan fingerprint density at radius 1 is 1.27 bits per heavy atom. The molecular formula is C21H29ClN4O4. The van der Waals surface area contributed by atoms with Crippen LogP contribution in [0.2, 0.25) is 5.02 Å². The van der Waals surface area contributed by atoms with Gasteiger partial charge in [0.2, 0.25) is 5.91 Å². The molecule has 0 aromatic heterocycles. The molecule has 30 heavy (non-hydrogen) atoms. The van der Waals surface area contributed by atoms with Crippen LogP contribution in [0, 0.1) is 17.2 Å². The summed E-state index contributed by atoms with van der Waals surface area (Å²) in [6.07, 6.45) is -0.314. The van der Waals surface area contributed by atoms with Crippen LogP contribution in [0.4, 0.5) is 4.79 Å². The molecule has 1 heterocycles. The summed E-state index contributed by atoms with van der Waals surface area (Å²) in [5.74, 6) is -0.279. The minimum absolute atomic E-state index is 0.160. The van der Waals surface area contributed by atoms with E-state index in [1.165, 1.54) is 7.11 Å². The smallest absolute Gasteiger partial charge is 0.318 e. The summed E-state index contributed by atoms with van der Waals surface area (Å²) < 4.78 is 10.7. The van der Waals surface area contributed by atoms with Crippen molar-refractivity contribution in [3.63, 3.8) is 0 Å². The summed E-state index contributed by atoms with van der Waals surface area (Å²) in [5, 5.41) is 15.6. The summed E-state index contributed by atoms with van der Waals surface area (Å²) >= 11 is 6.25. The molecule has 1 unspecified atom stereocenters. The van der Waals surface area contributed by atoms with Crippen molar-refractivity contribution in [1.82, 2.24) is 15.5 Å². The van der Waals surface area contributed by atoms with Crippen LogP contribution < -0.4 is 10.6 Å². The molecule has 1 fully saturated rings. The molecule has 164 valence electrons. The van der Waals surface area contributed by atoms with Crippen molar-refractivity contribution in [2.24, 2.45) is 5.92 Å². The number of amides is 3. The van der Waals surface area contributed by atoms with Crippen LogP contribution in [0.1, 0.15) is 31.9 Å². The van der Waals surface area contributed by atoms with E-state index in [4.69, 9.17) is 21.1 Å². The first-order valence-electron chi connectivity index (χ1n) is 9.97. The standard InChI is InChI=1S/C21H29ClN4O4/c1-14(2)12-17(25-21(28)26-8-10-30-11-9-26)20(27)24-18(13-23)19(29-3)15-6-4-5-7-16(15)22/h4-7,14,17-19H,8-12H2,1-3H3,(H,24,27)(H,25,28)/t17-,18+,19?/m0/s1. The Morgan fingerprint density at radius 2 is 1.93 bits per heavy atom. The van der Waals surface area contributed by atoms with Gasteiger partial charge in [0.15, 0.2) is 0 Å². The zero-order valence-electron chi connectivity index (χ0n) is 17.6. The molecule has 0 spiro atoms. The van der Waals surface area contributed by atoms with Crippen molar-refractivity contribution < 1.29 is 19.1 Å². The Labute approximate surface area is 182 Å². The van der Waals surface area contributed by atoms with Gasteiger partial charge in [-0.15, -0.1) is 0 Å². The number of urea groups is 1. The summed E-state index contributed by atoms with van der Waals surface area (Å²) in [7, 11) is 1.45. The van der Waals surface area contributed by atoms with Crippen molar-refractivity contribution >= 4 is 23.5 Å². The zero-order valence-corrected chi connectivity index (χ0v) is 18.3. The number of methoxy groups -OCH3 is 1. The molecule has 2 N–H and O–H groups in total. The van der Waals surface area contributed by atoms with Crippen LogP contribution in [0.3, 0.4) is 0 Å². The van der Waals surface area contributed by atoms with Crippen LogP contribution in [0.15, 0.2) is 24.3 Å². The number of halogens is 1. The Kier molecular flexibility index (Phi) is 9.37. The van der Waals surface area contributed by atoms with E-state index in [2.05, 4.69) is 16.7 Å². The number of benzene rings is 1. The Bertz CT molecular complexity index is 762. The number of hydrogen-bond donors (Lipinski definition) is 2. The molecule has 0 radical (unpaired) electrons. The molecule has 0 saturated carbocycles. The molecule has 1 aliphatic rings. The van der Waals surface area contributed by atoms with Gasteiger partial charge in [0.25, 0.3) is 0 Å². The summed E-state index contributed by atoms with van der Waals surface area (Å²) in [5.41, 5.74) is 0.603. The van der Waals surface area contributed by atoms with Gasteiger partial charge in [-0.1, -0.05) is 43.6 Å². The highest BCUT2D eigenvalue weighted by atomic mass is 35.5. The van der Waals surface area contributed by atoms with Gasteiger partial charge in [-0.05, 0) is 18.4 Å². The lowest BCUT2D eigenvalue weighted by Gasteiger charge is -2.30. The number of carbonyl (C=O) groups is 2. The third-order valence-corrected chi connectivity index (χ3v) is 5.17. The Morgan fingerprint density at radius 3 is 2.50 bits per heavy atom. The molecule has 0 bridgehead atoms. The normalized spacial score (nSPS) is 17.0. The van der Waals surface area contributed by atoms with Gasteiger partial charge in [0.1, 0.15) is 18.2 Å².